The molecule has 0 aromatic rings. The summed E-state index contributed by atoms with van der Waals surface area (Å²) in [6, 6.07) is 2.03. The van der Waals surface area contributed by atoms with Crippen molar-refractivity contribution in [2.24, 2.45) is 0 Å². The van der Waals surface area contributed by atoms with Crippen molar-refractivity contribution in [3.63, 3.8) is 0 Å². The monoisotopic (exact) mass is 182 g/mol. The average molecular weight is 182 g/mol. The smallest absolute Gasteiger partial charge is 0.323 e. The van der Waals surface area contributed by atoms with Crippen molar-refractivity contribution < 1.29 is 9.90 Å². The molecular formula is C9H14N2O2. The molecule has 4 nitrogen and oxygen atoms in total. The summed E-state index contributed by atoms with van der Waals surface area (Å²) in [5.74, 6) is -0.896. The number of rotatable bonds is 5. The number of nitriles is 1. The van der Waals surface area contributed by atoms with Crippen LogP contribution in [0, 0.1) is 11.3 Å². The Hall–Kier alpha value is -1.50. The maximum Gasteiger partial charge on any atom is 0.323 e. The number of allylic oxidation sites excluding steroid dienone is 1. The third-order valence-electron chi connectivity index (χ3n) is 1.42. The van der Waals surface area contributed by atoms with Gasteiger partial charge in [0.15, 0.2) is 0 Å². The summed E-state index contributed by atoms with van der Waals surface area (Å²) in [7, 11) is 1.64. The highest BCUT2D eigenvalue weighted by Crippen LogP contribution is 2.03. The number of nitrogens with zero attached hydrogens (tertiary/aromatic N) is 2. The zero-order valence-corrected chi connectivity index (χ0v) is 7.95. The molecule has 0 unspecified atom stereocenters. The van der Waals surface area contributed by atoms with Crippen molar-refractivity contribution in [2.75, 3.05) is 13.6 Å². The molecule has 0 atom stereocenters. The van der Waals surface area contributed by atoms with Gasteiger partial charge in [-0.2, -0.15) is 5.26 Å². The van der Waals surface area contributed by atoms with Crippen LogP contribution in [0.3, 0.4) is 0 Å². The Bertz CT molecular complexity index is 240. The molecule has 0 radical (unpaired) electrons. The van der Waals surface area contributed by atoms with Gasteiger partial charge in [-0.25, -0.2) is 0 Å². The SMILES string of the molecule is CCCC(C#N)=CN(C)CC(=O)O. The first kappa shape index (κ1) is 11.5. The predicted molar refractivity (Wildman–Crippen MR) is 48.9 cm³/mol. The Kier molecular flexibility index (Phi) is 5.37. The van der Waals surface area contributed by atoms with E-state index in [1.807, 2.05) is 13.0 Å². The summed E-state index contributed by atoms with van der Waals surface area (Å²) < 4.78 is 0. The Balaban J connectivity index is 4.17. The molecule has 4 heteroatoms. The zero-order valence-electron chi connectivity index (χ0n) is 7.95. The van der Waals surface area contributed by atoms with Crippen LogP contribution in [0.1, 0.15) is 19.8 Å². The quantitative estimate of drug-likeness (QED) is 0.649. The van der Waals surface area contributed by atoms with E-state index in [0.29, 0.717) is 12.0 Å². The van der Waals surface area contributed by atoms with Crippen molar-refractivity contribution >= 4 is 5.97 Å². The molecule has 0 spiro atoms. The topological polar surface area (TPSA) is 64.3 Å². The molecular weight excluding hydrogens is 168 g/mol. The lowest BCUT2D eigenvalue weighted by atomic mass is 10.2. The van der Waals surface area contributed by atoms with Crippen molar-refractivity contribution in [2.45, 2.75) is 19.8 Å². The first-order valence-electron chi connectivity index (χ1n) is 4.13. The first-order chi connectivity index (χ1) is 6.10. The molecule has 0 aliphatic carbocycles. The van der Waals surface area contributed by atoms with Crippen molar-refractivity contribution in [3.8, 4) is 6.07 Å². The number of aliphatic carboxylic acids is 1. The molecule has 0 aliphatic rings. The van der Waals surface area contributed by atoms with Gasteiger partial charge in [-0.05, 0) is 6.42 Å². The minimum Gasteiger partial charge on any atom is -0.480 e. The van der Waals surface area contributed by atoms with E-state index in [2.05, 4.69) is 0 Å². The van der Waals surface area contributed by atoms with Crippen LogP contribution in [0.4, 0.5) is 0 Å². The fourth-order valence-electron chi connectivity index (χ4n) is 0.944. The Labute approximate surface area is 78.1 Å². The number of hydrogen-bond acceptors (Lipinski definition) is 3. The van der Waals surface area contributed by atoms with Gasteiger partial charge in [0.25, 0.3) is 0 Å². The fraction of sp³-hybridized carbons (Fsp3) is 0.556. The van der Waals surface area contributed by atoms with Gasteiger partial charge in [-0.3, -0.25) is 4.79 Å². The Morgan fingerprint density at radius 3 is 2.69 bits per heavy atom. The largest absolute Gasteiger partial charge is 0.480 e. The van der Waals surface area contributed by atoms with E-state index in [1.165, 1.54) is 4.90 Å². The van der Waals surface area contributed by atoms with Crippen LogP contribution in [-0.2, 0) is 4.79 Å². The summed E-state index contributed by atoms with van der Waals surface area (Å²) in [6.45, 7) is 1.90. The van der Waals surface area contributed by atoms with E-state index in [9.17, 15) is 4.79 Å². The van der Waals surface area contributed by atoms with Crippen LogP contribution < -0.4 is 0 Å². The first-order valence-corrected chi connectivity index (χ1v) is 4.13. The number of carbonyl (C=O) groups is 1. The molecule has 0 aliphatic heterocycles. The van der Waals surface area contributed by atoms with Gasteiger partial charge in [0, 0.05) is 18.8 Å². The van der Waals surface area contributed by atoms with Crippen LogP contribution in [0.15, 0.2) is 11.8 Å². The molecule has 0 rings (SSSR count). The molecule has 72 valence electrons. The highest BCUT2D eigenvalue weighted by Gasteiger charge is 2.01. The summed E-state index contributed by atoms with van der Waals surface area (Å²) >= 11 is 0. The Morgan fingerprint density at radius 1 is 1.69 bits per heavy atom. The maximum absolute atomic E-state index is 10.3. The van der Waals surface area contributed by atoms with E-state index in [1.54, 1.807) is 13.2 Å². The standard InChI is InChI=1S/C9H14N2O2/c1-3-4-8(5-10)6-11(2)7-9(12)13/h6H,3-4,7H2,1-2H3,(H,12,13). The molecule has 0 bridgehead atoms. The molecule has 0 fully saturated rings. The fourth-order valence-corrected chi connectivity index (χ4v) is 0.944. The van der Waals surface area contributed by atoms with Gasteiger partial charge in [0.2, 0.25) is 0 Å². The van der Waals surface area contributed by atoms with E-state index >= 15 is 0 Å². The van der Waals surface area contributed by atoms with Gasteiger partial charge < -0.3 is 10.0 Å². The lowest BCUT2D eigenvalue weighted by Crippen LogP contribution is -2.20. The molecule has 0 heterocycles. The average Bonchev–Trinajstić information content (AvgIpc) is 2.02. The van der Waals surface area contributed by atoms with Gasteiger partial charge in [-0.1, -0.05) is 13.3 Å². The van der Waals surface area contributed by atoms with Crippen LogP contribution >= 0.6 is 0 Å². The molecule has 0 saturated carbocycles. The van der Waals surface area contributed by atoms with Crippen molar-refractivity contribution in [1.29, 1.82) is 5.26 Å². The van der Waals surface area contributed by atoms with E-state index in [0.717, 1.165) is 6.42 Å². The lowest BCUT2D eigenvalue weighted by Gasteiger charge is -2.10. The summed E-state index contributed by atoms with van der Waals surface area (Å²) in [5.41, 5.74) is 0.617. The molecule has 0 aromatic heterocycles. The second-order valence-corrected chi connectivity index (χ2v) is 2.82. The molecule has 1 N–H and O–H groups in total. The highest BCUT2D eigenvalue weighted by atomic mass is 16.4. The summed E-state index contributed by atoms with van der Waals surface area (Å²) in [6.07, 6.45) is 3.17. The Morgan fingerprint density at radius 2 is 2.31 bits per heavy atom. The third-order valence-corrected chi connectivity index (χ3v) is 1.42. The normalized spacial score (nSPS) is 10.7. The zero-order chi connectivity index (χ0) is 10.3. The van der Waals surface area contributed by atoms with E-state index < -0.39 is 5.97 Å². The second-order valence-electron chi connectivity index (χ2n) is 2.82. The summed E-state index contributed by atoms with van der Waals surface area (Å²) in [4.78, 5) is 11.8. The van der Waals surface area contributed by atoms with Crippen LogP contribution in [-0.4, -0.2) is 29.6 Å². The maximum atomic E-state index is 10.3. The second kappa shape index (κ2) is 6.06. The molecule has 0 aromatic carbocycles. The van der Waals surface area contributed by atoms with Crippen LogP contribution in [0.2, 0.25) is 0 Å². The van der Waals surface area contributed by atoms with Gasteiger partial charge >= 0.3 is 5.97 Å². The van der Waals surface area contributed by atoms with Gasteiger partial charge in [0.05, 0.1) is 6.07 Å². The number of likely N-dealkylation sites (N-methyl/N-ethyl adjacent to an activating group) is 1. The van der Waals surface area contributed by atoms with E-state index in [4.69, 9.17) is 10.4 Å². The van der Waals surface area contributed by atoms with E-state index in [-0.39, 0.29) is 6.54 Å². The van der Waals surface area contributed by atoms with Crippen molar-refractivity contribution in [1.82, 2.24) is 4.90 Å². The highest BCUT2D eigenvalue weighted by molar-refractivity contribution is 5.69. The number of carboxylic acids is 1. The van der Waals surface area contributed by atoms with Crippen LogP contribution in [0.25, 0.3) is 0 Å². The van der Waals surface area contributed by atoms with Gasteiger partial charge in [0.1, 0.15) is 6.54 Å². The third kappa shape index (κ3) is 5.74. The lowest BCUT2D eigenvalue weighted by molar-refractivity contribution is -0.137. The minimum atomic E-state index is -0.896. The predicted octanol–water partition coefficient (Wildman–Crippen LogP) is 1.21. The number of carboxylic acid groups (broad SMARTS) is 1. The molecule has 13 heavy (non-hydrogen) atoms. The minimum absolute atomic E-state index is 0.0745. The van der Waals surface area contributed by atoms with Crippen molar-refractivity contribution in [3.05, 3.63) is 11.8 Å². The summed E-state index contributed by atoms with van der Waals surface area (Å²) in [5, 5.41) is 17.1. The number of hydrogen-bond donors (Lipinski definition) is 1. The molecule has 0 saturated heterocycles. The van der Waals surface area contributed by atoms with Crippen LogP contribution in [0.5, 0.6) is 0 Å². The van der Waals surface area contributed by atoms with Gasteiger partial charge in [-0.15, -0.1) is 0 Å². The molecule has 0 amide bonds.